The van der Waals surface area contributed by atoms with Gasteiger partial charge in [-0.15, -0.1) is 0 Å². The van der Waals surface area contributed by atoms with E-state index in [0.29, 0.717) is 12.1 Å². The smallest absolute Gasteiger partial charge is 0.331 e. The lowest BCUT2D eigenvalue weighted by Gasteiger charge is -2.09. The van der Waals surface area contributed by atoms with Crippen LogP contribution < -0.4 is 11.2 Å². The van der Waals surface area contributed by atoms with Gasteiger partial charge in [0.05, 0.1) is 12.9 Å². The fraction of sp³-hybridized carbons (Fsp3) is 0.222. The summed E-state index contributed by atoms with van der Waals surface area (Å²) in [5, 5.41) is 10.3. The number of aryl methyl sites for hydroxylation is 1. The molecule has 2 N–H and O–H groups in total. The molecule has 0 aliphatic rings. The van der Waals surface area contributed by atoms with E-state index >= 15 is 0 Å². The normalized spacial score (nSPS) is 11.3. The van der Waals surface area contributed by atoms with Crippen LogP contribution in [0, 0.1) is 5.82 Å². The average Bonchev–Trinajstić information content (AvgIpc) is 3.16. The van der Waals surface area contributed by atoms with Crippen LogP contribution in [0.4, 0.5) is 4.39 Å². The molecule has 0 spiro atoms. The molecule has 0 aliphatic heterocycles. The molecule has 8 nitrogen and oxygen atoms in total. The number of nitrogens with zero attached hydrogens (tertiary/aromatic N) is 4. The lowest BCUT2D eigenvalue weighted by Crippen LogP contribution is -2.32. The Kier molecular flexibility index (Phi) is 5.60. The first-order valence-electron chi connectivity index (χ1n) is 8.30. The molecule has 140 valence electrons. The van der Waals surface area contributed by atoms with Crippen molar-refractivity contribution in [1.82, 2.24) is 19.1 Å². The van der Waals surface area contributed by atoms with Gasteiger partial charge < -0.3 is 9.67 Å². The summed E-state index contributed by atoms with van der Waals surface area (Å²) in [5.41, 5.74) is -0.964. The second-order valence-electron chi connectivity index (χ2n) is 5.90. The number of aromatic hydroxyl groups is 1. The van der Waals surface area contributed by atoms with Crippen molar-refractivity contribution < 1.29 is 9.50 Å². The van der Waals surface area contributed by atoms with E-state index in [1.807, 2.05) is 10.8 Å². The van der Waals surface area contributed by atoms with Gasteiger partial charge in [0, 0.05) is 31.7 Å². The maximum Gasteiger partial charge on any atom is 0.331 e. The van der Waals surface area contributed by atoms with Crippen LogP contribution in [-0.2, 0) is 13.1 Å². The van der Waals surface area contributed by atoms with Crippen molar-refractivity contribution in [3.8, 4) is 5.88 Å². The van der Waals surface area contributed by atoms with Crippen molar-refractivity contribution in [3.05, 3.63) is 80.8 Å². The SMILES string of the molecule is O=c1[nH]c(=O)n(Cc2ccc(F)cc2)c(O)c1C=NCCCn1ccnc1. The van der Waals surface area contributed by atoms with E-state index in [2.05, 4.69) is 15.0 Å². The quantitative estimate of drug-likeness (QED) is 0.480. The van der Waals surface area contributed by atoms with E-state index in [1.54, 1.807) is 12.5 Å². The van der Waals surface area contributed by atoms with Crippen LogP contribution in [0.25, 0.3) is 0 Å². The highest BCUT2D eigenvalue weighted by molar-refractivity contribution is 5.81. The summed E-state index contributed by atoms with van der Waals surface area (Å²) in [6.07, 6.45) is 7.20. The van der Waals surface area contributed by atoms with Crippen molar-refractivity contribution in [2.24, 2.45) is 4.99 Å². The van der Waals surface area contributed by atoms with Gasteiger partial charge in [-0.1, -0.05) is 12.1 Å². The van der Waals surface area contributed by atoms with Gasteiger partial charge in [-0.25, -0.2) is 14.2 Å². The van der Waals surface area contributed by atoms with Crippen LogP contribution in [0.1, 0.15) is 17.5 Å². The Morgan fingerprint density at radius 2 is 2.04 bits per heavy atom. The summed E-state index contributed by atoms with van der Waals surface area (Å²) in [4.78, 5) is 34.2. The van der Waals surface area contributed by atoms with Gasteiger partial charge in [0.2, 0.25) is 5.88 Å². The molecule has 9 heteroatoms. The number of hydrogen-bond donors (Lipinski definition) is 2. The average molecular weight is 371 g/mol. The lowest BCUT2D eigenvalue weighted by molar-refractivity contribution is 0.408. The van der Waals surface area contributed by atoms with Crippen LogP contribution in [0.15, 0.2) is 57.6 Å². The summed E-state index contributed by atoms with van der Waals surface area (Å²) in [7, 11) is 0. The van der Waals surface area contributed by atoms with E-state index in [-0.39, 0.29) is 12.1 Å². The molecule has 1 aromatic carbocycles. The third-order valence-electron chi connectivity index (χ3n) is 3.94. The summed E-state index contributed by atoms with van der Waals surface area (Å²) in [5.74, 6) is -0.883. The van der Waals surface area contributed by atoms with E-state index < -0.39 is 22.9 Å². The minimum absolute atomic E-state index is 0.0107. The Hall–Kier alpha value is -3.49. The Balaban J connectivity index is 1.74. The van der Waals surface area contributed by atoms with Crippen LogP contribution in [0.2, 0.25) is 0 Å². The van der Waals surface area contributed by atoms with E-state index in [1.165, 1.54) is 30.5 Å². The number of hydrogen-bond acceptors (Lipinski definition) is 5. The van der Waals surface area contributed by atoms with Crippen LogP contribution in [-0.4, -0.2) is 37.0 Å². The van der Waals surface area contributed by atoms with Gasteiger partial charge in [0.15, 0.2) is 0 Å². The topological polar surface area (TPSA) is 105 Å². The van der Waals surface area contributed by atoms with Crippen molar-refractivity contribution >= 4 is 6.21 Å². The molecule has 0 aliphatic carbocycles. The molecule has 0 saturated carbocycles. The molecule has 27 heavy (non-hydrogen) atoms. The fourth-order valence-electron chi connectivity index (χ4n) is 2.53. The zero-order chi connectivity index (χ0) is 19.2. The number of halogens is 1. The number of H-pyrrole nitrogens is 1. The maximum atomic E-state index is 13.0. The molecule has 0 saturated heterocycles. The molecule has 0 atom stereocenters. The van der Waals surface area contributed by atoms with Crippen molar-refractivity contribution in [2.75, 3.05) is 6.54 Å². The Labute approximate surface area is 153 Å². The maximum absolute atomic E-state index is 13.0. The molecule has 0 bridgehead atoms. The zero-order valence-corrected chi connectivity index (χ0v) is 14.4. The largest absolute Gasteiger partial charge is 0.494 e. The Bertz CT molecular complexity index is 1040. The minimum Gasteiger partial charge on any atom is -0.494 e. The third-order valence-corrected chi connectivity index (χ3v) is 3.94. The second kappa shape index (κ2) is 8.26. The number of nitrogens with one attached hydrogen (secondary N) is 1. The number of rotatable bonds is 7. The first-order chi connectivity index (χ1) is 13.0. The summed E-state index contributed by atoms with van der Waals surface area (Å²) in [6, 6.07) is 5.50. The molecule has 3 rings (SSSR count). The van der Waals surface area contributed by atoms with Crippen LogP contribution in [0.5, 0.6) is 5.88 Å². The summed E-state index contributed by atoms with van der Waals surface area (Å²) in [6.45, 7) is 1.15. The first kappa shape index (κ1) is 18.3. The first-order valence-corrected chi connectivity index (χ1v) is 8.30. The molecule has 0 amide bonds. The van der Waals surface area contributed by atoms with Crippen LogP contribution >= 0.6 is 0 Å². The highest BCUT2D eigenvalue weighted by Gasteiger charge is 2.13. The van der Waals surface area contributed by atoms with Crippen molar-refractivity contribution in [2.45, 2.75) is 19.5 Å². The predicted octanol–water partition coefficient (Wildman–Crippen LogP) is 1.14. The molecular formula is C18H18FN5O3. The van der Waals surface area contributed by atoms with Crippen molar-refractivity contribution in [3.63, 3.8) is 0 Å². The second-order valence-corrected chi connectivity index (χ2v) is 5.90. The monoisotopic (exact) mass is 371 g/mol. The summed E-state index contributed by atoms with van der Waals surface area (Å²) < 4.78 is 15.9. The third kappa shape index (κ3) is 4.57. The van der Waals surface area contributed by atoms with Gasteiger partial charge >= 0.3 is 5.69 Å². The van der Waals surface area contributed by atoms with Gasteiger partial charge in [-0.3, -0.25) is 19.3 Å². The van der Waals surface area contributed by atoms with Gasteiger partial charge in [0.25, 0.3) is 5.56 Å². The Morgan fingerprint density at radius 1 is 1.26 bits per heavy atom. The van der Waals surface area contributed by atoms with Gasteiger partial charge in [-0.2, -0.15) is 0 Å². The van der Waals surface area contributed by atoms with E-state index in [4.69, 9.17) is 0 Å². The fourth-order valence-corrected chi connectivity index (χ4v) is 2.53. The molecule has 0 radical (unpaired) electrons. The molecular weight excluding hydrogens is 353 g/mol. The standard InChI is InChI=1S/C18H18FN5O3/c19-14-4-2-13(3-5-14)11-24-17(26)15(16(25)22-18(24)27)10-20-6-1-8-23-9-7-21-12-23/h2-5,7,9-10,12,26H,1,6,8,11H2,(H,22,25,27). The number of aromatic nitrogens is 4. The molecule has 2 aromatic heterocycles. The minimum atomic E-state index is -0.751. The van der Waals surface area contributed by atoms with Gasteiger partial charge in [0.1, 0.15) is 11.4 Å². The lowest BCUT2D eigenvalue weighted by atomic mass is 10.2. The zero-order valence-electron chi connectivity index (χ0n) is 14.4. The van der Waals surface area contributed by atoms with Crippen molar-refractivity contribution in [1.29, 1.82) is 0 Å². The highest BCUT2D eigenvalue weighted by Crippen LogP contribution is 2.11. The number of benzene rings is 1. The molecule has 2 heterocycles. The van der Waals surface area contributed by atoms with Crippen LogP contribution in [0.3, 0.4) is 0 Å². The Morgan fingerprint density at radius 3 is 2.74 bits per heavy atom. The number of imidazole rings is 1. The van der Waals surface area contributed by atoms with E-state index in [0.717, 1.165) is 17.5 Å². The highest BCUT2D eigenvalue weighted by atomic mass is 19.1. The molecule has 0 fully saturated rings. The molecule has 3 aromatic rings. The van der Waals surface area contributed by atoms with Gasteiger partial charge in [-0.05, 0) is 24.1 Å². The summed E-state index contributed by atoms with van der Waals surface area (Å²) >= 11 is 0. The van der Waals surface area contributed by atoms with E-state index in [9.17, 15) is 19.1 Å². The number of aromatic amines is 1. The predicted molar refractivity (Wildman–Crippen MR) is 97.8 cm³/mol. The number of aliphatic imine (C=N–C) groups is 1. The molecule has 0 unspecified atom stereocenters.